The van der Waals surface area contributed by atoms with Gasteiger partial charge in [0.25, 0.3) is 0 Å². The Morgan fingerprint density at radius 1 is 1.06 bits per heavy atom. The molecule has 0 aromatic heterocycles. The van der Waals surface area contributed by atoms with Crippen molar-refractivity contribution in [2.45, 2.75) is 19.4 Å². The van der Waals surface area contributed by atoms with Crippen LogP contribution in [0.2, 0.25) is 0 Å². The maximum absolute atomic E-state index is 6.27. The molecular weight excluding hydrogens is 208 g/mol. The molecular formula is C15H20N2. The van der Waals surface area contributed by atoms with Crippen LogP contribution in [0.3, 0.4) is 0 Å². The molecule has 0 amide bonds. The molecule has 4 N–H and O–H groups in total. The average molecular weight is 228 g/mol. The van der Waals surface area contributed by atoms with Crippen molar-refractivity contribution in [3.63, 3.8) is 0 Å². The van der Waals surface area contributed by atoms with E-state index in [1.54, 1.807) is 0 Å². The van der Waals surface area contributed by atoms with Gasteiger partial charge in [-0.25, -0.2) is 0 Å². The van der Waals surface area contributed by atoms with Crippen molar-refractivity contribution in [2.75, 3.05) is 6.54 Å². The van der Waals surface area contributed by atoms with E-state index in [1.165, 1.54) is 16.3 Å². The van der Waals surface area contributed by atoms with Crippen LogP contribution in [0, 0.1) is 5.92 Å². The van der Waals surface area contributed by atoms with E-state index in [0.717, 1.165) is 6.42 Å². The Bertz CT molecular complexity index is 489. The smallest absolute Gasteiger partial charge is 0.0335 e. The predicted molar refractivity (Wildman–Crippen MR) is 73.7 cm³/mol. The molecule has 90 valence electrons. The van der Waals surface area contributed by atoms with Crippen molar-refractivity contribution in [2.24, 2.45) is 17.4 Å². The fourth-order valence-electron chi connectivity index (χ4n) is 2.25. The number of hydrogen-bond donors (Lipinski definition) is 2. The second kappa shape index (κ2) is 5.30. The Balaban J connectivity index is 2.35. The van der Waals surface area contributed by atoms with Gasteiger partial charge in [-0.05, 0) is 34.9 Å². The number of nitrogens with two attached hydrogens (primary N) is 2. The third kappa shape index (κ3) is 2.48. The molecule has 2 aromatic carbocycles. The number of rotatable bonds is 4. The molecule has 0 fully saturated rings. The fraction of sp³-hybridized carbons (Fsp3) is 0.333. The van der Waals surface area contributed by atoms with E-state index < -0.39 is 0 Å². The van der Waals surface area contributed by atoms with Gasteiger partial charge in [-0.15, -0.1) is 0 Å². The second-order valence-corrected chi connectivity index (χ2v) is 4.54. The van der Waals surface area contributed by atoms with Crippen molar-refractivity contribution < 1.29 is 0 Å². The first kappa shape index (κ1) is 12.1. The summed E-state index contributed by atoms with van der Waals surface area (Å²) < 4.78 is 0. The molecule has 0 aliphatic heterocycles. The first-order valence-corrected chi connectivity index (χ1v) is 6.20. The van der Waals surface area contributed by atoms with Crippen molar-refractivity contribution in [3.05, 3.63) is 48.0 Å². The van der Waals surface area contributed by atoms with E-state index in [1.807, 2.05) is 0 Å². The zero-order chi connectivity index (χ0) is 12.3. The lowest BCUT2D eigenvalue weighted by Crippen LogP contribution is -2.27. The molecule has 2 unspecified atom stereocenters. The van der Waals surface area contributed by atoms with Crippen LogP contribution >= 0.6 is 0 Å². The Labute approximate surface area is 103 Å². The van der Waals surface area contributed by atoms with Gasteiger partial charge in [-0.3, -0.25) is 0 Å². The Hall–Kier alpha value is -1.38. The summed E-state index contributed by atoms with van der Waals surface area (Å²) in [4.78, 5) is 0. The van der Waals surface area contributed by atoms with Gasteiger partial charge < -0.3 is 11.5 Å². The minimum absolute atomic E-state index is 0.0367. The fourth-order valence-corrected chi connectivity index (χ4v) is 2.25. The van der Waals surface area contributed by atoms with Crippen LogP contribution in [0.15, 0.2) is 42.5 Å². The third-order valence-electron chi connectivity index (χ3n) is 3.49. The van der Waals surface area contributed by atoms with Crippen molar-refractivity contribution >= 4 is 10.8 Å². The maximum atomic E-state index is 6.27. The van der Waals surface area contributed by atoms with Gasteiger partial charge in [0, 0.05) is 6.04 Å². The SMILES string of the molecule is CCC(CN)C(N)c1ccc2ccccc2c1. The van der Waals surface area contributed by atoms with Gasteiger partial charge in [0.2, 0.25) is 0 Å². The minimum atomic E-state index is 0.0367. The Morgan fingerprint density at radius 2 is 1.76 bits per heavy atom. The quantitative estimate of drug-likeness (QED) is 0.845. The molecule has 2 aromatic rings. The topological polar surface area (TPSA) is 52.0 Å². The third-order valence-corrected chi connectivity index (χ3v) is 3.49. The highest BCUT2D eigenvalue weighted by molar-refractivity contribution is 5.83. The van der Waals surface area contributed by atoms with E-state index in [9.17, 15) is 0 Å². The van der Waals surface area contributed by atoms with E-state index in [4.69, 9.17) is 11.5 Å². The molecule has 17 heavy (non-hydrogen) atoms. The number of fused-ring (bicyclic) bond motifs is 1. The van der Waals surface area contributed by atoms with Crippen molar-refractivity contribution in [3.8, 4) is 0 Å². The molecule has 0 bridgehead atoms. The van der Waals surface area contributed by atoms with Crippen LogP contribution in [0.4, 0.5) is 0 Å². The summed E-state index contributed by atoms with van der Waals surface area (Å²) in [6, 6.07) is 14.8. The summed E-state index contributed by atoms with van der Waals surface area (Å²) in [5.74, 6) is 0.358. The van der Waals surface area contributed by atoms with E-state index in [2.05, 4.69) is 49.4 Å². The summed E-state index contributed by atoms with van der Waals surface area (Å²) in [5.41, 5.74) is 13.2. The molecule has 0 heterocycles. The summed E-state index contributed by atoms with van der Waals surface area (Å²) >= 11 is 0. The molecule has 2 atom stereocenters. The second-order valence-electron chi connectivity index (χ2n) is 4.54. The average Bonchev–Trinajstić information content (AvgIpc) is 2.39. The molecule has 0 aliphatic rings. The molecule has 0 saturated heterocycles. The summed E-state index contributed by atoms with van der Waals surface area (Å²) in [6.07, 6.45) is 1.02. The van der Waals surface area contributed by atoms with Crippen molar-refractivity contribution in [1.29, 1.82) is 0 Å². The van der Waals surface area contributed by atoms with Gasteiger partial charge >= 0.3 is 0 Å². The highest BCUT2D eigenvalue weighted by Crippen LogP contribution is 2.24. The molecule has 0 radical (unpaired) electrons. The van der Waals surface area contributed by atoms with E-state index in [-0.39, 0.29) is 6.04 Å². The molecule has 2 rings (SSSR count). The van der Waals surface area contributed by atoms with Crippen molar-refractivity contribution in [1.82, 2.24) is 0 Å². The molecule has 2 heteroatoms. The van der Waals surface area contributed by atoms with Crippen LogP contribution in [0.5, 0.6) is 0 Å². The lowest BCUT2D eigenvalue weighted by molar-refractivity contribution is 0.428. The molecule has 2 nitrogen and oxygen atoms in total. The van der Waals surface area contributed by atoms with E-state index >= 15 is 0 Å². The molecule has 0 saturated carbocycles. The van der Waals surface area contributed by atoms with Crippen LogP contribution < -0.4 is 11.5 Å². The first-order valence-electron chi connectivity index (χ1n) is 6.20. The largest absolute Gasteiger partial charge is 0.330 e. The van der Waals surface area contributed by atoms with Crippen LogP contribution in [-0.4, -0.2) is 6.54 Å². The van der Waals surface area contributed by atoms with Gasteiger partial charge in [0.15, 0.2) is 0 Å². The van der Waals surface area contributed by atoms with E-state index in [0.29, 0.717) is 12.5 Å². The van der Waals surface area contributed by atoms with Gasteiger partial charge in [-0.2, -0.15) is 0 Å². The lowest BCUT2D eigenvalue weighted by atomic mass is 9.90. The summed E-state index contributed by atoms with van der Waals surface area (Å²) in [5, 5.41) is 2.50. The highest BCUT2D eigenvalue weighted by Gasteiger charge is 2.16. The van der Waals surface area contributed by atoms with Crippen LogP contribution in [0.25, 0.3) is 10.8 Å². The number of benzene rings is 2. The lowest BCUT2D eigenvalue weighted by Gasteiger charge is -2.21. The normalized spacial score (nSPS) is 14.8. The zero-order valence-corrected chi connectivity index (χ0v) is 10.3. The molecule has 0 spiro atoms. The minimum Gasteiger partial charge on any atom is -0.330 e. The van der Waals surface area contributed by atoms with Gasteiger partial charge in [-0.1, -0.05) is 49.7 Å². The van der Waals surface area contributed by atoms with Gasteiger partial charge in [0.05, 0.1) is 0 Å². The Morgan fingerprint density at radius 3 is 2.41 bits per heavy atom. The highest BCUT2D eigenvalue weighted by atomic mass is 14.7. The van der Waals surface area contributed by atoms with Gasteiger partial charge in [0.1, 0.15) is 0 Å². The summed E-state index contributed by atoms with van der Waals surface area (Å²) in [7, 11) is 0. The predicted octanol–water partition coefficient (Wildman–Crippen LogP) is 2.82. The molecule has 0 aliphatic carbocycles. The van der Waals surface area contributed by atoms with Crippen LogP contribution in [0.1, 0.15) is 24.9 Å². The zero-order valence-electron chi connectivity index (χ0n) is 10.3. The van der Waals surface area contributed by atoms with Crippen LogP contribution in [-0.2, 0) is 0 Å². The Kier molecular flexibility index (Phi) is 3.77. The standard InChI is InChI=1S/C15H20N2/c1-2-11(10-16)15(17)14-8-7-12-5-3-4-6-13(12)9-14/h3-9,11,15H,2,10,16-17H2,1H3. The number of hydrogen-bond acceptors (Lipinski definition) is 2. The summed E-state index contributed by atoms with van der Waals surface area (Å²) in [6.45, 7) is 2.78. The first-order chi connectivity index (χ1) is 8.26. The maximum Gasteiger partial charge on any atom is 0.0335 e. The monoisotopic (exact) mass is 228 g/mol.